The summed E-state index contributed by atoms with van der Waals surface area (Å²) in [6.07, 6.45) is 3.78. The topological polar surface area (TPSA) is 70.5 Å². The van der Waals surface area contributed by atoms with Crippen molar-refractivity contribution in [2.75, 3.05) is 32.7 Å². The number of aromatic nitrogens is 2. The predicted molar refractivity (Wildman–Crippen MR) is 131 cm³/mol. The second kappa shape index (κ2) is 10.4. The number of carbonyl (C=O) groups excluding carboxylic acids is 2. The van der Waals surface area contributed by atoms with Gasteiger partial charge in [-0.15, -0.1) is 0 Å². The summed E-state index contributed by atoms with van der Waals surface area (Å²) < 4.78 is 15.2. The number of carbonyl (C=O) groups is 2. The Labute approximate surface area is 204 Å². The van der Waals surface area contributed by atoms with Crippen LogP contribution in [-0.4, -0.2) is 64.1 Å². The van der Waals surface area contributed by atoms with Crippen LogP contribution in [0.2, 0.25) is 0 Å². The van der Waals surface area contributed by atoms with Gasteiger partial charge in [0.05, 0.1) is 12.2 Å². The highest BCUT2D eigenvalue weighted by molar-refractivity contribution is 5.94. The van der Waals surface area contributed by atoms with E-state index in [-0.39, 0.29) is 17.6 Å². The SMILES string of the molecule is O=C(CN1CCN(C(=O)c2nn(-c3ccc(F)cc3)c3c2CCCC3)CC1)NCc1ccccc1. The monoisotopic (exact) mass is 475 g/mol. The van der Waals surface area contributed by atoms with E-state index in [2.05, 4.69) is 10.2 Å². The fraction of sp³-hybridized carbons (Fsp3) is 0.370. The van der Waals surface area contributed by atoms with E-state index in [0.717, 1.165) is 48.2 Å². The normalized spacial score (nSPS) is 16.1. The van der Waals surface area contributed by atoms with E-state index in [1.165, 1.54) is 12.1 Å². The molecule has 1 aromatic heterocycles. The summed E-state index contributed by atoms with van der Waals surface area (Å²) in [7, 11) is 0. The molecule has 5 rings (SSSR count). The second-order valence-corrected chi connectivity index (χ2v) is 9.20. The van der Waals surface area contributed by atoms with Crippen molar-refractivity contribution < 1.29 is 14.0 Å². The average Bonchev–Trinajstić information content (AvgIpc) is 3.28. The standard InChI is InChI=1S/C27H30FN5O2/c28-21-10-12-22(13-11-21)33-24-9-5-4-8-23(24)26(30-33)27(35)32-16-14-31(15-17-32)19-25(34)29-18-20-6-2-1-3-7-20/h1-3,6-7,10-13H,4-5,8-9,14-19H2,(H,29,34). The van der Waals surface area contributed by atoms with Crippen molar-refractivity contribution in [3.8, 4) is 5.69 Å². The van der Waals surface area contributed by atoms with E-state index in [0.29, 0.717) is 45.0 Å². The molecule has 0 bridgehead atoms. The zero-order valence-electron chi connectivity index (χ0n) is 19.8. The lowest BCUT2D eigenvalue weighted by Gasteiger charge is -2.34. The molecule has 2 aliphatic rings. The number of nitrogens with zero attached hydrogens (tertiary/aromatic N) is 4. The van der Waals surface area contributed by atoms with Gasteiger partial charge in [-0.2, -0.15) is 5.10 Å². The van der Waals surface area contributed by atoms with E-state index in [9.17, 15) is 14.0 Å². The number of benzene rings is 2. The van der Waals surface area contributed by atoms with Gasteiger partial charge in [0.25, 0.3) is 5.91 Å². The first kappa shape index (κ1) is 23.2. The van der Waals surface area contributed by atoms with Crippen molar-refractivity contribution in [3.63, 3.8) is 0 Å². The molecule has 182 valence electrons. The van der Waals surface area contributed by atoms with Gasteiger partial charge in [-0.3, -0.25) is 14.5 Å². The van der Waals surface area contributed by atoms with Crippen molar-refractivity contribution in [2.45, 2.75) is 32.2 Å². The minimum absolute atomic E-state index is 0.0132. The number of hydrogen-bond acceptors (Lipinski definition) is 4. The Hall–Kier alpha value is -3.52. The quantitative estimate of drug-likeness (QED) is 0.595. The number of hydrogen-bond donors (Lipinski definition) is 1. The molecule has 1 N–H and O–H groups in total. The lowest BCUT2D eigenvalue weighted by Crippen LogP contribution is -2.51. The molecule has 0 atom stereocenters. The molecule has 8 heteroatoms. The number of rotatable bonds is 6. The molecule has 3 aromatic rings. The number of fused-ring (bicyclic) bond motifs is 1. The third kappa shape index (κ3) is 5.27. The van der Waals surface area contributed by atoms with Crippen LogP contribution >= 0.6 is 0 Å². The van der Waals surface area contributed by atoms with Gasteiger partial charge in [0.1, 0.15) is 5.82 Å². The Morgan fingerprint density at radius 2 is 1.63 bits per heavy atom. The molecule has 0 saturated carbocycles. The molecule has 1 fully saturated rings. The fourth-order valence-electron chi connectivity index (χ4n) is 4.88. The van der Waals surface area contributed by atoms with Crippen LogP contribution in [0.3, 0.4) is 0 Å². The Balaban J connectivity index is 1.21. The molecule has 1 aliphatic carbocycles. The molecule has 2 aromatic carbocycles. The van der Waals surface area contributed by atoms with Crippen LogP contribution in [0.1, 0.15) is 40.2 Å². The largest absolute Gasteiger partial charge is 0.351 e. The fourth-order valence-corrected chi connectivity index (χ4v) is 4.88. The molecule has 2 heterocycles. The Morgan fingerprint density at radius 1 is 0.914 bits per heavy atom. The van der Waals surface area contributed by atoms with Gasteiger partial charge in [-0.25, -0.2) is 9.07 Å². The van der Waals surface area contributed by atoms with Crippen LogP contribution in [0, 0.1) is 5.82 Å². The van der Waals surface area contributed by atoms with Crippen LogP contribution < -0.4 is 5.32 Å². The van der Waals surface area contributed by atoms with Gasteiger partial charge in [0.2, 0.25) is 5.91 Å². The summed E-state index contributed by atoms with van der Waals surface area (Å²) in [5.74, 6) is -0.365. The molecule has 0 unspecified atom stereocenters. The highest BCUT2D eigenvalue weighted by Gasteiger charge is 2.30. The van der Waals surface area contributed by atoms with Crippen LogP contribution in [0.25, 0.3) is 5.69 Å². The first-order valence-electron chi connectivity index (χ1n) is 12.3. The molecule has 0 spiro atoms. The summed E-state index contributed by atoms with van der Waals surface area (Å²) in [4.78, 5) is 29.7. The molecular weight excluding hydrogens is 445 g/mol. The maximum atomic E-state index is 13.5. The average molecular weight is 476 g/mol. The lowest BCUT2D eigenvalue weighted by atomic mass is 9.95. The summed E-state index contributed by atoms with van der Waals surface area (Å²) in [5.41, 5.74) is 4.43. The zero-order valence-corrected chi connectivity index (χ0v) is 19.8. The zero-order chi connectivity index (χ0) is 24.2. The van der Waals surface area contributed by atoms with Gasteiger partial charge in [0.15, 0.2) is 5.69 Å². The van der Waals surface area contributed by atoms with Crippen LogP contribution in [0.5, 0.6) is 0 Å². The number of halogens is 1. The lowest BCUT2D eigenvalue weighted by molar-refractivity contribution is -0.122. The van der Waals surface area contributed by atoms with Crippen molar-refractivity contribution in [3.05, 3.63) is 82.9 Å². The number of nitrogens with one attached hydrogen (secondary N) is 1. The van der Waals surface area contributed by atoms with Gasteiger partial charge < -0.3 is 10.2 Å². The van der Waals surface area contributed by atoms with Crippen molar-refractivity contribution in [1.29, 1.82) is 0 Å². The van der Waals surface area contributed by atoms with Gasteiger partial charge in [-0.05, 0) is 55.5 Å². The van der Waals surface area contributed by atoms with Crippen molar-refractivity contribution in [2.24, 2.45) is 0 Å². The maximum Gasteiger partial charge on any atom is 0.274 e. The summed E-state index contributed by atoms with van der Waals surface area (Å²) in [6, 6.07) is 16.1. The third-order valence-corrected chi connectivity index (χ3v) is 6.81. The first-order valence-corrected chi connectivity index (χ1v) is 12.3. The van der Waals surface area contributed by atoms with Gasteiger partial charge >= 0.3 is 0 Å². The smallest absolute Gasteiger partial charge is 0.274 e. The Bertz CT molecular complexity index is 1180. The number of piperazine rings is 1. The molecule has 1 aliphatic heterocycles. The first-order chi connectivity index (χ1) is 17.1. The van der Waals surface area contributed by atoms with Gasteiger partial charge in [-0.1, -0.05) is 30.3 Å². The Kier molecular flexibility index (Phi) is 6.90. The van der Waals surface area contributed by atoms with Gasteiger partial charge in [0, 0.05) is 44.0 Å². The molecular formula is C27H30FN5O2. The maximum absolute atomic E-state index is 13.5. The predicted octanol–water partition coefficient (Wildman–Crippen LogP) is 2.96. The highest BCUT2D eigenvalue weighted by Crippen LogP contribution is 2.28. The van der Waals surface area contributed by atoms with E-state index < -0.39 is 0 Å². The van der Waals surface area contributed by atoms with E-state index in [1.807, 2.05) is 39.9 Å². The van der Waals surface area contributed by atoms with E-state index in [1.54, 1.807) is 12.1 Å². The van der Waals surface area contributed by atoms with E-state index >= 15 is 0 Å². The minimum atomic E-state index is -0.294. The summed E-state index contributed by atoms with van der Waals surface area (Å²) >= 11 is 0. The van der Waals surface area contributed by atoms with E-state index in [4.69, 9.17) is 5.10 Å². The van der Waals surface area contributed by atoms with Crippen LogP contribution in [0.15, 0.2) is 54.6 Å². The molecule has 2 amide bonds. The number of amides is 2. The van der Waals surface area contributed by atoms with Crippen LogP contribution in [-0.2, 0) is 24.2 Å². The third-order valence-electron chi connectivity index (χ3n) is 6.81. The molecule has 0 radical (unpaired) electrons. The minimum Gasteiger partial charge on any atom is -0.351 e. The molecule has 1 saturated heterocycles. The second-order valence-electron chi connectivity index (χ2n) is 9.20. The molecule has 7 nitrogen and oxygen atoms in total. The highest BCUT2D eigenvalue weighted by atomic mass is 19.1. The summed E-state index contributed by atoms with van der Waals surface area (Å²) in [5, 5.41) is 7.68. The summed E-state index contributed by atoms with van der Waals surface area (Å²) in [6.45, 7) is 3.24. The van der Waals surface area contributed by atoms with Crippen molar-refractivity contribution >= 4 is 11.8 Å². The van der Waals surface area contributed by atoms with Crippen molar-refractivity contribution in [1.82, 2.24) is 24.9 Å². The van der Waals surface area contributed by atoms with Crippen LogP contribution in [0.4, 0.5) is 4.39 Å². The Morgan fingerprint density at radius 3 is 2.37 bits per heavy atom. The molecule has 35 heavy (non-hydrogen) atoms.